The van der Waals surface area contributed by atoms with Gasteiger partial charge in [0.2, 0.25) is 0 Å². The number of anilines is 1. The first-order valence-electron chi connectivity index (χ1n) is 6.62. The number of hydrogen-bond donors (Lipinski definition) is 2. The van der Waals surface area contributed by atoms with Crippen LogP contribution in [0.5, 0.6) is 0 Å². The van der Waals surface area contributed by atoms with Gasteiger partial charge in [-0.2, -0.15) is 0 Å². The third-order valence-electron chi connectivity index (χ3n) is 3.18. The van der Waals surface area contributed by atoms with Crippen LogP contribution in [0, 0.1) is 0 Å². The summed E-state index contributed by atoms with van der Waals surface area (Å²) in [6.45, 7) is 7.50. The van der Waals surface area contributed by atoms with Gasteiger partial charge in [-0.05, 0) is 26.0 Å². The fourth-order valence-electron chi connectivity index (χ4n) is 2.29. The second-order valence-electron chi connectivity index (χ2n) is 5.66. The molecule has 2 heterocycles. The molecule has 1 saturated heterocycles. The molecule has 1 fully saturated rings. The van der Waals surface area contributed by atoms with E-state index in [1.807, 2.05) is 0 Å². The highest BCUT2D eigenvalue weighted by Gasteiger charge is 2.23. The number of carboxylic acid groups (broad SMARTS) is 1. The summed E-state index contributed by atoms with van der Waals surface area (Å²) < 4.78 is 0. The maximum absolute atomic E-state index is 10.7. The van der Waals surface area contributed by atoms with E-state index < -0.39 is 11.6 Å². The molecule has 7 heteroatoms. The molecule has 0 spiro atoms. The first-order chi connectivity index (χ1) is 9.35. The lowest BCUT2D eigenvalue weighted by Gasteiger charge is -2.37. The molecule has 0 aliphatic carbocycles. The Labute approximate surface area is 117 Å². The number of rotatable bonds is 4. The number of piperazine rings is 1. The van der Waals surface area contributed by atoms with Crippen LogP contribution in [0.15, 0.2) is 12.1 Å². The van der Waals surface area contributed by atoms with Gasteiger partial charge in [0.05, 0.1) is 5.60 Å². The minimum atomic E-state index is -1.07. The Balaban J connectivity index is 1.92. The molecule has 0 aromatic carbocycles. The lowest BCUT2D eigenvalue weighted by molar-refractivity contribution is 0.0344. The minimum Gasteiger partial charge on any atom is -0.476 e. The first-order valence-corrected chi connectivity index (χ1v) is 6.62. The lowest BCUT2D eigenvalue weighted by Crippen LogP contribution is -2.50. The summed E-state index contributed by atoms with van der Waals surface area (Å²) in [6.07, 6.45) is 0. The van der Waals surface area contributed by atoms with Gasteiger partial charge in [0.25, 0.3) is 0 Å². The molecule has 2 rings (SSSR count). The number of β-amino-alcohol motifs (C(OH)–C–C–N with tert-alkyl or cyclic N) is 1. The largest absolute Gasteiger partial charge is 0.476 e. The molecule has 7 nitrogen and oxygen atoms in total. The van der Waals surface area contributed by atoms with Crippen molar-refractivity contribution in [2.24, 2.45) is 0 Å². The summed E-state index contributed by atoms with van der Waals surface area (Å²) in [5.41, 5.74) is -0.736. The number of carboxylic acids is 1. The minimum absolute atomic E-state index is 0.0468. The Morgan fingerprint density at radius 2 is 1.90 bits per heavy atom. The maximum atomic E-state index is 10.7. The predicted molar refractivity (Wildman–Crippen MR) is 73.9 cm³/mol. The Morgan fingerprint density at radius 1 is 1.25 bits per heavy atom. The van der Waals surface area contributed by atoms with Crippen LogP contribution in [-0.4, -0.2) is 69.6 Å². The highest BCUT2D eigenvalue weighted by atomic mass is 16.4. The molecule has 1 aliphatic heterocycles. The fraction of sp³-hybridized carbons (Fsp3) is 0.615. The molecular weight excluding hydrogens is 260 g/mol. The molecule has 0 bridgehead atoms. The molecule has 1 aliphatic rings. The predicted octanol–water partition coefficient (Wildman–Crippen LogP) is 0.0677. The van der Waals surface area contributed by atoms with Gasteiger partial charge in [-0.15, -0.1) is 10.2 Å². The Morgan fingerprint density at radius 3 is 2.35 bits per heavy atom. The Kier molecular flexibility index (Phi) is 4.20. The van der Waals surface area contributed by atoms with E-state index in [1.54, 1.807) is 19.9 Å². The number of aliphatic hydroxyl groups is 1. The van der Waals surface area contributed by atoms with Crippen molar-refractivity contribution >= 4 is 11.8 Å². The summed E-state index contributed by atoms with van der Waals surface area (Å²) in [7, 11) is 0. The molecule has 0 amide bonds. The lowest BCUT2D eigenvalue weighted by atomic mass is 10.1. The number of carbonyl (C=O) groups is 1. The van der Waals surface area contributed by atoms with E-state index in [2.05, 4.69) is 20.0 Å². The summed E-state index contributed by atoms with van der Waals surface area (Å²) >= 11 is 0. The summed E-state index contributed by atoms with van der Waals surface area (Å²) in [6, 6.07) is 3.15. The number of hydrogen-bond acceptors (Lipinski definition) is 6. The van der Waals surface area contributed by atoms with Gasteiger partial charge in [-0.25, -0.2) is 4.79 Å². The van der Waals surface area contributed by atoms with Crippen molar-refractivity contribution in [2.75, 3.05) is 37.6 Å². The van der Waals surface area contributed by atoms with Gasteiger partial charge in [-0.3, -0.25) is 4.90 Å². The fourth-order valence-corrected chi connectivity index (χ4v) is 2.29. The summed E-state index contributed by atoms with van der Waals surface area (Å²) in [5, 5.41) is 26.2. The summed E-state index contributed by atoms with van der Waals surface area (Å²) in [5.74, 6) is -0.378. The van der Waals surface area contributed by atoms with E-state index in [1.165, 1.54) is 6.07 Å². The van der Waals surface area contributed by atoms with Crippen LogP contribution in [0.4, 0.5) is 5.82 Å². The zero-order chi connectivity index (χ0) is 14.8. The maximum Gasteiger partial charge on any atom is 0.356 e. The van der Waals surface area contributed by atoms with E-state index >= 15 is 0 Å². The first kappa shape index (κ1) is 14.7. The normalized spacial score (nSPS) is 17.2. The molecule has 0 unspecified atom stereocenters. The Hall–Kier alpha value is -1.73. The smallest absolute Gasteiger partial charge is 0.356 e. The highest BCUT2D eigenvalue weighted by molar-refractivity contribution is 5.85. The van der Waals surface area contributed by atoms with E-state index in [9.17, 15) is 9.90 Å². The van der Waals surface area contributed by atoms with Crippen molar-refractivity contribution in [3.8, 4) is 0 Å². The third kappa shape index (κ3) is 3.88. The standard InChI is InChI=1S/C13H20N4O3/c1-13(2,20)9-16-5-7-17(8-6-16)11-4-3-10(12(18)19)14-15-11/h3-4,20H,5-9H2,1-2H3,(H,18,19). The number of aromatic nitrogens is 2. The van der Waals surface area contributed by atoms with Crippen molar-refractivity contribution < 1.29 is 15.0 Å². The summed E-state index contributed by atoms with van der Waals surface area (Å²) in [4.78, 5) is 15.0. The van der Waals surface area contributed by atoms with E-state index in [-0.39, 0.29) is 5.69 Å². The Bertz CT molecular complexity index is 461. The molecule has 0 radical (unpaired) electrons. The van der Waals surface area contributed by atoms with Crippen LogP contribution >= 0.6 is 0 Å². The molecule has 1 aromatic heterocycles. The van der Waals surface area contributed by atoms with Gasteiger partial charge >= 0.3 is 5.97 Å². The van der Waals surface area contributed by atoms with Crippen LogP contribution in [-0.2, 0) is 0 Å². The van der Waals surface area contributed by atoms with Crippen LogP contribution in [0.3, 0.4) is 0 Å². The molecule has 20 heavy (non-hydrogen) atoms. The van der Waals surface area contributed by atoms with Crippen molar-refractivity contribution in [1.29, 1.82) is 0 Å². The average molecular weight is 280 g/mol. The van der Waals surface area contributed by atoms with Crippen LogP contribution in [0.1, 0.15) is 24.3 Å². The molecule has 110 valence electrons. The molecule has 0 saturated carbocycles. The van der Waals surface area contributed by atoms with Crippen molar-refractivity contribution in [3.63, 3.8) is 0 Å². The molecule has 0 atom stereocenters. The van der Waals surface area contributed by atoms with Gasteiger partial charge in [-0.1, -0.05) is 0 Å². The highest BCUT2D eigenvalue weighted by Crippen LogP contribution is 2.14. The van der Waals surface area contributed by atoms with Gasteiger partial charge < -0.3 is 15.1 Å². The zero-order valence-corrected chi connectivity index (χ0v) is 11.8. The van der Waals surface area contributed by atoms with Crippen LogP contribution in [0.2, 0.25) is 0 Å². The SMILES string of the molecule is CC(C)(O)CN1CCN(c2ccc(C(=O)O)nn2)CC1. The van der Waals surface area contributed by atoms with Crippen LogP contribution < -0.4 is 4.90 Å². The van der Waals surface area contributed by atoms with Gasteiger partial charge in [0.15, 0.2) is 11.5 Å². The van der Waals surface area contributed by atoms with E-state index in [0.717, 1.165) is 26.2 Å². The molecular formula is C13H20N4O3. The number of nitrogens with zero attached hydrogens (tertiary/aromatic N) is 4. The zero-order valence-electron chi connectivity index (χ0n) is 11.8. The molecule has 1 aromatic rings. The second-order valence-corrected chi connectivity index (χ2v) is 5.66. The molecule has 2 N–H and O–H groups in total. The van der Waals surface area contributed by atoms with Crippen LogP contribution in [0.25, 0.3) is 0 Å². The third-order valence-corrected chi connectivity index (χ3v) is 3.18. The topological polar surface area (TPSA) is 89.8 Å². The quantitative estimate of drug-likeness (QED) is 0.806. The number of aromatic carboxylic acids is 1. The average Bonchev–Trinajstić information content (AvgIpc) is 2.38. The monoisotopic (exact) mass is 280 g/mol. The van der Waals surface area contributed by atoms with E-state index in [0.29, 0.717) is 12.4 Å². The second kappa shape index (κ2) is 5.72. The van der Waals surface area contributed by atoms with E-state index in [4.69, 9.17) is 5.11 Å². The van der Waals surface area contributed by atoms with Gasteiger partial charge in [0, 0.05) is 32.7 Å². The van der Waals surface area contributed by atoms with Crippen molar-refractivity contribution in [3.05, 3.63) is 17.8 Å². The van der Waals surface area contributed by atoms with Crippen molar-refractivity contribution in [2.45, 2.75) is 19.4 Å². The van der Waals surface area contributed by atoms with Gasteiger partial charge in [0.1, 0.15) is 0 Å². The van der Waals surface area contributed by atoms with Crippen molar-refractivity contribution in [1.82, 2.24) is 15.1 Å².